The average Bonchev–Trinajstić information content (AvgIpc) is 2.83. The molecule has 0 spiro atoms. The second-order valence-corrected chi connectivity index (χ2v) is 4.03. The van der Waals surface area contributed by atoms with Gasteiger partial charge >= 0.3 is 0 Å². The van der Waals surface area contributed by atoms with Crippen LogP contribution in [0, 0.1) is 10.1 Å². The molecule has 1 amide bonds. The lowest BCUT2D eigenvalue weighted by molar-refractivity contribution is -0.385. The number of nitro groups is 1. The van der Waals surface area contributed by atoms with Gasteiger partial charge in [0, 0.05) is 31.9 Å². The lowest BCUT2D eigenvalue weighted by Gasteiger charge is -2.07. The molecule has 1 heterocycles. The highest BCUT2D eigenvalue weighted by molar-refractivity contribution is 6.07. The molecule has 0 radical (unpaired) electrons. The molecule has 0 saturated heterocycles. The summed E-state index contributed by atoms with van der Waals surface area (Å²) in [5.74, 6) is -0.100. The number of aromatic nitrogens is 2. The van der Waals surface area contributed by atoms with Gasteiger partial charge in [0.1, 0.15) is 11.4 Å². The summed E-state index contributed by atoms with van der Waals surface area (Å²) in [6.07, 6.45) is 1.52. The van der Waals surface area contributed by atoms with Crippen molar-refractivity contribution in [3.8, 4) is 0 Å². The van der Waals surface area contributed by atoms with Crippen LogP contribution >= 0.6 is 0 Å². The van der Waals surface area contributed by atoms with Crippen LogP contribution < -0.4 is 10.6 Å². The van der Waals surface area contributed by atoms with E-state index in [1.54, 1.807) is 26.2 Å². The van der Waals surface area contributed by atoms with E-state index in [1.165, 1.54) is 23.0 Å². The van der Waals surface area contributed by atoms with Crippen molar-refractivity contribution in [2.45, 2.75) is 0 Å². The topological polar surface area (TPSA) is 102 Å². The molecule has 0 saturated carbocycles. The van der Waals surface area contributed by atoms with E-state index in [2.05, 4.69) is 15.7 Å². The molecule has 0 aliphatic carbocycles. The van der Waals surface area contributed by atoms with Crippen molar-refractivity contribution in [1.82, 2.24) is 9.78 Å². The Labute approximate surface area is 114 Å². The van der Waals surface area contributed by atoms with Gasteiger partial charge < -0.3 is 10.6 Å². The second kappa shape index (κ2) is 5.39. The summed E-state index contributed by atoms with van der Waals surface area (Å²) in [6, 6.07) is 5.87. The van der Waals surface area contributed by atoms with Crippen LogP contribution in [0.1, 0.15) is 10.4 Å². The molecule has 0 aliphatic rings. The zero-order valence-corrected chi connectivity index (χ0v) is 11.0. The van der Waals surface area contributed by atoms with Gasteiger partial charge in [-0.2, -0.15) is 5.10 Å². The van der Waals surface area contributed by atoms with Gasteiger partial charge in [0.15, 0.2) is 0 Å². The molecule has 104 valence electrons. The minimum Gasteiger partial charge on any atom is -0.388 e. The lowest BCUT2D eigenvalue weighted by atomic mass is 10.1. The summed E-state index contributed by atoms with van der Waals surface area (Å²) in [5.41, 5.74) is 0.359. The Morgan fingerprint density at radius 1 is 1.40 bits per heavy atom. The molecular weight excluding hydrogens is 262 g/mol. The monoisotopic (exact) mass is 275 g/mol. The SMILES string of the molecule is CNc1ccc([N+](=O)[O-])c(C(=O)Nc2ccnn2C)c1. The van der Waals surface area contributed by atoms with Crippen molar-refractivity contribution in [3.63, 3.8) is 0 Å². The van der Waals surface area contributed by atoms with Crippen LogP contribution in [0.4, 0.5) is 17.2 Å². The first-order chi connectivity index (χ1) is 9.52. The summed E-state index contributed by atoms with van der Waals surface area (Å²) >= 11 is 0. The van der Waals surface area contributed by atoms with Crippen molar-refractivity contribution < 1.29 is 9.72 Å². The number of aryl methyl sites for hydroxylation is 1. The van der Waals surface area contributed by atoms with E-state index in [1.807, 2.05) is 0 Å². The Hall–Kier alpha value is -2.90. The minimum atomic E-state index is -0.586. The fourth-order valence-corrected chi connectivity index (χ4v) is 1.71. The Kier molecular flexibility index (Phi) is 3.65. The Morgan fingerprint density at radius 3 is 2.70 bits per heavy atom. The van der Waals surface area contributed by atoms with Crippen LogP contribution in [0.3, 0.4) is 0 Å². The van der Waals surface area contributed by atoms with Crippen molar-refractivity contribution in [2.75, 3.05) is 17.7 Å². The summed E-state index contributed by atoms with van der Waals surface area (Å²) in [5, 5.41) is 20.3. The highest BCUT2D eigenvalue weighted by atomic mass is 16.6. The van der Waals surface area contributed by atoms with Gasteiger partial charge in [0.25, 0.3) is 11.6 Å². The molecule has 8 nitrogen and oxygen atoms in total. The molecule has 2 N–H and O–H groups in total. The van der Waals surface area contributed by atoms with E-state index in [-0.39, 0.29) is 11.3 Å². The van der Waals surface area contributed by atoms with Crippen molar-refractivity contribution in [1.29, 1.82) is 0 Å². The number of amides is 1. The number of hydrogen-bond acceptors (Lipinski definition) is 5. The van der Waals surface area contributed by atoms with Gasteiger partial charge in [-0.25, -0.2) is 0 Å². The van der Waals surface area contributed by atoms with Gasteiger partial charge in [-0.05, 0) is 12.1 Å². The number of carbonyl (C=O) groups excluding carboxylic acids is 1. The number of carbonyl (C=O) groups is 1. The van der Waals surface area contributed by atoms with Crippen molar-refractivity contribution in [3.05, 3.63) is 46.1 Å². The van der Waals surface area contributed by atoms with Gasteiger partial charge in [-0.15, -0.1) is 0 Å². The van der Waals surface area contributed by atoms with Crippen LogP contribution in [0.5, 0.6) is 0 Å². The number of nitrogens with zero attached hydrogens (tertiary/aromatic N) is 3. The molecular formula is C12H13N5O3. The third kappa shape index (κ3) is 2.58. The van der Waals surface area contributed by atoms with Crippen molar-refractivity contribution >= 4 is 23.1 Å². The molecule has 20 heavy (non-hydrogen) atoms. The Bertz CT molecular complexity index is 665. The van der Waals surface area contributed by atoms with Gasteiger partial charge in [-0.3, -0.25) is 19.6 Å². The molecule has 8 heteroatoms. The standard InChI is InChI=1S/C12H13N5O3/c1-13-8-3-4-10(17(19)20)9(7-8)12(18)15-11-5-6-14-16(11)2/h3-7,13H,1-2H3,(H,15,18). The van der Waals surface area contributed by atoms with Crippen molar-refractivity contribution in [2.24, 2.45) is 7.05 Å². The summed E-state index contributed by atoms with van der Waals surface area (Å²) in [6.45, 7) is 0. The first-order valence-corrected chi connectivity index (χ1v) is 5.78. The van der Waals surface area contributed by atoms with Crippen LogP contribution in [-0.2, 0) is 7.05 Å². The summed E-state index contributed by atoms with van der Waals surface area (Å²) < 4.78 is 1.46. The van der Waals surface area contributed by atoms with Crippen LogP contribution in [-0.4, -0.2) is 27.7 Å². The van der Waals surface area contributed by atoms with E-state index < -0.39 is 10.8 Å². The fraction of sp³-hybridized carbons (Fsp3) is 0.167. The molecule has 0 aliphatic heterocycles. The van der Waals surface area contributed by atoms with Crippen LogP contribution in [0.2, 0.25) is 0 Å². The van der Waals surface area contributed by atoms with E-state index in [0.29, 0.717) is 11.5 Å². The summed E-state index contributed by atoms with van der Waals surface area (Å²) in [4.78, 5) is 22.6. The Morgan fingerprint density at radius 2 is 2.15 bits per heavy atom. The first-order valence-electron chi connectivity index (χ1n) is 5.78. The smallest absolute Gasteiger partial charge is 0.282 e. The summed E-state index contributed by atoms with van der Waals surface area (Å²) in [7, 11) is 3.33. The molecule has 0 atom stereocenters. The predicted octanol–water partition coefficient (Wildman–Crippen LogP) is 1.62. The number of rotatable bonds is 4. The predicted molar refractivity (Wildman–Crippen MR) is 73.8 cm³/mol. The Balaban J connectivity index is 2.37. The van der Waals surface area contributed by atoms with Crippen LogP contribution in [0.15, 0.2) is 30.5 Å². The van der Waals surface area contributed by atoms with Crippen LogP contribution in [0.25, 0.3) is 0 Å². The quantitative estimate of drug-likeness (QED) is 0.652. The average molecular weight is 275 g/mol. The molecule has 1 aromatic heterocycles. The normalized spacial score (nSPS) is 10.1. The van der Waals surface area contributed by atoms with E-state index in [9.17, 15) is 14.9 Å². The zero-order valence-electron chi connectivity index (χ0n) is 11.0. The molecule has 0 bridgehead atoms. The number of anilines is 2. The highest BCUT2D eigenvalue weighted by Crippen LogP contribution is 2.23. The maximum atomic E-state index is 12.2. The van der Waals surface area contributed by atoms with Gasteiger partial charge in [-0.1, -0.05) is 0 Å². The van der Waals surface area contributed by atoms with E-state index in [0.717, 1.165) is 0 Å². The maximum Gasteiger partial charge on any atom is 0.282 e. The largest absolute Gasteiger partial charge is 0.388 e. The van der Waals surface area contributed by atoms with E-state index >= 15 is 0 Å². The van der Waals surface area contributed by atoms with E-state index in [4.69, 9.17) is 0 Å². The second-order valence-electron chi connectivity index (χ2n) is 4.03. The first kappa shape index (κ1) is 13.5. The lowest BCUT2D eigenvalue weighted by Crippen LogP contribution is -2.16. The molecule has 2 rings (SSSR count). The highest BCUT2D eigenvalue weighted by Gasteiger charge is 2.21. The molecule has 2 aromatic rings. The van der Waals surface area contributed by atoms with Gasteiger partial charge in [0.05, 0.1) is 11.1 Å². The molecule has 0 unspecified atom stereocenters. The molecule has 0 fully saturated rings. The maximum absolute atomic E-state index is 12.2. The number of nitrogens with one attached hydrogen (secondary N) is 2. The zero-order chi connectivity index (χ0) is 14.7. The minimum absolute atomic E-state index is 0.0111. The molecule has 1 aromatic carbocycles. The van der Waals surface area contributed by atoms with Gasteiger partial charge in [0.2, 0.25) is 0 Å². The number of benzene rings is 1. The fourth-order valence-electron chi connectivity index (χ4n) is 1.71. The number of hydrogen-bond donors (Lipinski definition) is 2. The third-order valence-electron chi connectivity index (χ3n) is 2.79. The third-order valence-corrected chi connectivity index (χ3v) is 2.79. The number of nitro benzene ring substituents is 1.